The molecule has 1 amide bonds. The van der Waals surface area contributed by atoms with Crippen LogP contribution in [0.15, 0.2) is 34.9 Å². The van der Waals surface area contributed by atoms with E-state index in [0.29, 0.717) is 11.6 Å². The minimum Gasteiger partial charge on any atom is -0.344 e. The summed E-state index contributed by atoms with van der Waals surface area (Å²) in [6.07, 6.45) is 3.78. The molecule has 23 heavy (non-hydrogen) atoms. The molecule has 0 unspecified atom stereocenters. The van der Waals surface area contributed by atoms with Gasteiger partial charge in [0.15, 0.2) is 0 Å². The first-order valence-corrected chi connectivity index (χ1v) is 8.42. The Bertz CT molecular complexity index is 690. The molecule has 0 bridgehead atoms. The maximum absolute atomic E-state index is 12.4. The summed E-state index contributed by atoms with van der Waals surface area (Å²) in [6, 6.07) is 7.32. The van der Waals surface area contributed by atoms with E-state index in [9.17, 15) is 4.79 Å². The van der Waals surface area contributed by atoms with E-state index in [-0.39, 0.29) is 5.91 Å². The van der Waals surface area contributed by atoms with Crippen molar-refractivity contribution in [3.05, 3.63) is 46.2 Å². The highest BCUT2D eigenvalue weighted by Gasteiger charge is 2.11. The number of nitrogens with zero attached hydrogens (tertiary/aromatic N) is 3. The highest BCUT2D eigenvalue weighted by Crippen LogP contribution is 2.21. The van der Waals surface area contributed by atoms with Gasteiger partial charge < -0.3 is 10.2 Å². The molecule has 1 N–H and O–H groups in total. The molecule has 1 aromatic heterocycles. The van der Waals surface area contributed by atoms with Crippen LogP contribution in [-0.2, 0) is 0 Å². The summed E-state index contributed by atoms with van der Waals surface area (Å²) in [6.45, 7) is 5.00. The maximum atomic E-state index is 12.4. The number of nitrogens with one attached hydrogen (secondary N) is 1. The van der Waals surface area contributed by atoms with E-state index in [1.54, 1.807) is 12.3 Å². The fourth-order valence-electron chi connectivity index (χ4n) is 2.02. The van der Waals surface area contributed by atoms with Gasteiger partial charge in [-0.3, -0.25) is 4.79 Å². The number of hydrogen-bond donors (Lipinski definition) is 1. The molecule has 0 fully saturated rings. The molecule has 5 nitrogen and oxygen atoms in total. The third kappa shape index (κ3) is 4.76. The number of amides is 1. The Balaban J connectivity index is 2.11. The Kier molecular flexibility index (Phi) is 6.10. The van der Waals surface area contributed by atoms with E-state index in [1.165, 1.54) is 0 Å². The van der Waals surface area contributed by atoms with Crippen molar-refractivity contribution in [2.45, 2.75) is 26.7 Å². The Morgan fingerprint density at radius 3 is 2.83 bits per heavy atom. The standard InChI is InChI=1S/C17H21BrN4O/c1-4-5-10-22(3)17-19-9-8-15(21-17)16(23)20-13-7-6-12(2)14(18)11-13/h6-9,11H,4-5,10H2,1-3H3,(H,20,23). The normalized spacial score (nSPS) is 10.4. The molecule has 2 rings (SSSR count). The van der Waals surface area contributed by atoms with Gasteiger partial charge in [-0.25, -0.2) is 9.97 Å². The summed E-state index contributed by atoms with van der Waals surface area (Å²) >= 11 is 3.46. The predicted octanol–water partition coefficient (Wildman–Crippen LogP) is 4.04. The van der Waals surface area contributed by atoms with Gasteiger partial charge >= 0.3 is 0 Å². The summed E-state index contributed by atoms with van der Waals surface area (Å²) in [7, 11) is 1.93. The molecular formula is C17H21BrN4O. The lowest BCUT2D eigenvalue weighted by Gasteiger charge is -2.16. The highest BCUT2D eigenvalue weighted by atomic mass is 79.9. The summed E-state index contributed by atoms with van der Waals surface area (Å²) < 4.78 is 0.956. The van der Waals surface area contributed by atoms with Crippen molar-refractivity contribution in [1.29, 1.82) is 0 Å². The molecule has 0 spiro atoms. The van der Waals surface area contributed by atoms with Gasteiger partial charge in [0.1, 0.15) is 5.69 Å². The van der Waals surface area contributed by atoms with Crippen molar-refractivity contribution < 1.29 is 4.79 Å². The van der Waals surface area contributed by atoms with Crippen LogP contribution in [0.5, 0.6) is 0 Å². The van der Waals surface area contributed by atoms with E-state index in [4.69, 9.17) is 0 Å². The van der Waals surface area contributed by atoms with Gasteiger partial charge in [0.25, 0.3) is 5.91 Å². The third-order valence-corrected chi connectivity index (χ3v) is 4.35. The van der Waals surface area contributed by atoms with Crippen LogP contribution in [-0.4, -0.2) is 29.5 Å². The summed E-state index contributed by atoms with van der Waals surface area (Å²) in [5.74, 6) is 0.324. The number of halogens is 1. The fourth-order valence-corrected chi connectivity index (χ4v) is 2.40. The second-order valence-electron chi connectivity index (χ2n) is 5.44. The van der Waals surface area contributed by atoms with Crippen LogP contribution in [0.25, 0.3) is 0 Å². The second kappa shape index (κ2) is 8.06. The SMILES string of the molecule is CCCCN(C)c1nccc(C(=O)Nc2ccc(C)c(Br)c2)n1. The number of aryl methyl sites for hydroxylation is 1. The maximum Gasteiger partial charge on any atom is 0.274 e. The number of benzene rings is 1. The van der Waals surface area contributed by atoms with Crippen LogP contribution >= 0.6 is 15.9 Å². The lowest BCUT2D eigenvalue weighted by Crippen LogP contribution is -2.22. The highest BCUT2D eigenvalue weighted by molar-refractivity contribution is 9.10. The molecule has 0 aliphatic rings. The number of hydrogen-bond acceptors (Lipinski definition) is 4. The molecule has 0 saturated heterocycles. The van der Waals surface area contributed by atoms with E-state index in [1.807, 2.05) is 37.1 Å². The second-order valence-corrected chi connectivity index (χ2v) is 6.29. The molecule has 0 aliphatic heterocycles. The van der Waals surface area contributed by atoms with E-state index < -0.39 is 0 Å². The minimum absolute atomic E-state index is 0.242. The topological polar surface area (TPSA) is 58.1 Å². The van der Waals surface area contributed by atoms with Crippen molar-refractivity contribution in [3.63, 3.8) is 0 Å². The van der Waals surface area contributed by atoms with E-state index in [0.717, 1.165) is 35.1 Å². The van der Waals surface area contributed by atoms with Crippen molar-refractivity contribution in [3.8, 4) is 0 Å². The first kappa shape index (κ1) is 17.4. The first-order chi connectivity index (χ1) is 11.0. The molecule has 0 aliphatic carbocycles. The van der Waals surface area contributed by atoms with Gasteiger partial charge in [0, 0.05) is 29.9 Å². The largest absolute Gasteiger partial charge is 0.344 e. The third-order valence-electron chi connectivity index (χ3n) is 3.49. The molecule has 2 aromatic rings. The lowest BCUT2D eigenvalue weighted by molar-refractivity contribution is 0.102. The van der Waals surface area contributed by atoms with Crippen molar-refractivity contribution in [2.24, 2.45) is 0 Å². The molecule has 1 heterocycles. The zero-order valence-corrected chi connectivity index (χ0v) is 15.2. The van der Waals surface area contributed by atoms with E-state index in [2.05, 4.69) is 38.1 Å². The minimum atomic E-state index is -0.242. The average molecular weight is 377 g/mol. The Morgan fingerprint density at radius 2 is 2.13 bits per heavy atom. The Labute approximate surface area is 145 Å². The molecule has 0 atom stereocenters. The Morgan fingerprint density at radius 1 is 1.35 bits per heavy atom. The molecule has 1 aromatic carbocycles. The van der Waals surface area contributed by atoms with Gasteiger partial charge in [-0.15, -0.1) is 0 Å². The van der Waals surface area contributed by atoms with Crippen molar-refractivity contribution in [1.82, 2.24) is 9.97 Å². The fraction of sp³-hybridized carbons (Fsp3) is 0.353. The molecule has 122 valence electrons. The molecular weight excluding hydrogens is 356 g/mol. The smallest absolute Gasteiger partial charge is 0.274 e. The zero-order valence-electron chi connectivity index (χ0n) is 13.6. The van der Waals surface area contributed by atoms with Crippen LogP contribution in [0.1, 0.15) is 35.8 Å². The van der Waals surface area contributed by atoms with Gasteiger partial charge in [0.05, 0.1) is 0 Å². The number of carbonyl (C=O) groups is 1. The van der Waals surface area contributed by atoms with Crippen molar-refractivity contribution >= 4 is 33.5 Å². The van der Waals surface area contributed by atoms with Crippen LogP contribution in [0, 0.1) is 6.92 Å². The number of aromatic nitrogens is 2. The van der Waals surface area contributed by atoms with Gasteiger partial charge in [-0.1, -0.05) is 35.3 Å². The van der Waals surface area contributed by atoms with E-state index >= 15 is 0 Å². The molecule has 6 heteroatoms. The number of anilines is 2. The van der Waals surface area contributed by atoms with Crippen LogP contribution in [0.2, 0.25) is 0 Å². The van der Waals surface area contributed by atoms with Crippen LogP contribution in [0.3, 0.4) is 0 Å². The van der Waals surface area contributed by atoms with Crippen LogP contribution in [0.4, 0.5) is 11.6 Å². The van der Waals surface area contributed by atoms with Gasteiger partial charge in [0.2, 0.25) is 5.95 Å². The zero-order chi connectivity index (χ0) is 16.8. The average Bonchev–Trinajstić information content (AvgIpc) is 2.56. The molecule has 0 saturated carbocycles. The number of unbranched alkanes of at least 4 members (excludes halogenated alkanes) is 1. The van der Waals surface area contributed by atoms with Gasteiger partial charge in [-0.2, -0.15) is 0 Å². The van der Waals surface area contributed by atoms with Gasteiger partial charge in [-0.05, 0) is 37.1 Å². The molecule has 0 radical (unpaired) electrons. The summed E-state index contributed by atoms with van der Waals surface area (Å²) in [5, 5.41) is 2.86. The quantitative estimate of drug-likeness (QED) is 0.826. The number of rotatable bonds is 6. The first-order valence-electron chi connectivity index (χ1n) is 7.63. The lowest BCUT2D eigenvalue weighted by atomic mass is 10.2. The Hall–Kier alpha value is -1.95. The van der Waals surface area contributed by atoms with Crippen LogP contribution < -0.4 is 10.2 Å². The summed E-state index contributed by atoms with van der Waals surface area (Å²) in [4.78, 5) is 22.9. The monoisotopic (exact) mass is 376 g/mol. The van der Waals surface area contributed by atoms with Crippen molar-refractivity contribution in [2.75, 3.05) is 23.8 Å². The summed E-state index contributed by atoms with van der Waals surface area (Å²) in [5.41, 5.74) is 2.20. The predicted molar refractivity (Wildman–Crippen MR) is 97.0 cm³/mol. The number of carbonyl (C=O) groups excluding carboxylic acids is 1.